The molecule has 4 rings (SSSR count). The van der Waals surface area contributed by atoms with Crippen molar-refractivity contribution in [2.75, 3.05) is 5.32 Å². The van der Waals surface area contributed by atoms with Crippen LogP contribution in [0.1, 0.15) is 24.0 Å². The molecule has 2 N–H and O–H groups in total. The number of ether oxygens (including phenoxy) is 2. The lowest BCUT2D eigenvalue weighted by Gasteiger charge is -2.18. The number of amides is 2. The number of benzene rings is 4. The minimum absolute atomic E-state index is 0.0171. The average molecular weight is 551 g/mol. The van der Waals surface area contributed by atoms with Crippen LogP contribution in [0.5, 0.6) is 0 Å². The van der Waals surface area contributed by atoms with Crippen LogP contribution in [0.15, 0.2) is 125 Å². The van der Waals surface area contributed by atoms with Crippen molar-refractivity contribution in [1.29, 1.82) is 0 Å². The number of carbonyl (C=O) groups excluding carboxylic acids is 3. The molecule has 208 valence electrons. The molecule has 9 heteroatoms. The van der Waals surface area contributed by atoms with Crippen LogP contribution in [0.3, 0.4) is 0 Å². The van der Waals surface area contributed by atoms with Gasteiger partial charge in [0.2, 0.25) is 5.91 Å². The Bertz CT molecular complexity index is 1430. The van der Waals surface area contributed by atoms with E-state index in [1.807, 2.05) is 91.0 Å². The van der Waals surface area contributed by atoms with Crippen molar-refractivity contribution in [1.82, 2.24) is 5.32 Å². The summed E-state index contributed by atoms with van der Waals surface area (Å²) in [5.41, 5.74) is 3.53. The molecule has 0 fully saturated rings. The van der Waals surface area contributed by atoms with Crippen LogP contribution >= 0.6 is 0 Å². The second kappa shape index (κ2) is 15.3. The molecule has 9 nitrogen and oxygen atoms in total. The molecular formula is C32H30N4O5. The Labute approximate surface area is 238 Å². The van der Waals surface area contributed by atoms with Gasteiger partial charge in [0.25, 0.3) is 0 Å². The molecule has 0 saturated carbocycles. The van der Waals surface area contributed by atoms with E-state index in [4.69, 9.17) is 9.47 Å². The van der Waals surface area contributed by atoms with Gasteiger partial charge in [-0.2, -0.15) is 10.2 Å². The predicted molar refractivity (Wildman–Crippen MR) is 155 cm³/mol. The molecule has 1 atom stereocenters. The molecule has 0 spiro atoms. The number of hydrogen-bond acceptors (Lipinski definition) is 7. The maximum atomic E-state index is 12.9. The van der Waals surface area contributed by atoms with Gasteiger partial charge in [-0.3, -0.25) is 4.79 Å². The Kier molecular flexibility index (Phi) is 10.7. The van der Waals surface area contributed by atoms with E-state index in [0.717, 1.165) is 16.8 Å². The summed E-state index contributed by atoms with van der Waals surface area (Å²) in [6.45, 7) is 0.0803. The van der Waals surface area contributed by atoms with E-state index in [1.165, 1.54) is 0 Å². The molecule has 0 unspecified atom stereocenters. The number of rotatable bonds is 12. The van der Waals surface area contributed by atoms with Gasteiger partial charge in [0.1, 0.15) is 19.3 Å². The standard InChI is InChI=1S/C32H30N4O5/c37-30(33-26-16-18-28(19-17-26)36-35-27-14-8-3-9-15-27)21-20-29(31(38)40-22-24-10-4-1-5-11-24)34-32(39)41-23-25-12-6-2-7-13-25/h1-19,29H,20-23H2,(H,33,37)(H,34,39)/t29-/m0/s1. The molecular weight excluding hydrogens is 520 g/mol. The largest absolute Gasteiger partial charge is 0.459 e. The van der Waals surface area contributed by atoms with Gasteiger partial charge in [-0.15, -0.1) is 0 Å². The van der Waals surface area contributed by atoms with Crippen LogP contribution in [-0.4, -0.2) is 24.0 Å². The fraction of sp³-hybridized carbons (Fsp3) is 0.156. The highest BCUT2D eigenvalue weighted by Gasteiger charge is 2.24. The van der Waals surface area contributed by atoms with Crippen molar-refractivity contribution in [3.8, 4) is 0 Å². The van der Waals surface area contributed by atoms with Crippen LogP contribution in [0.25, 0.3) is 0 Å². The highest BCUT2D eigenvalue weighted by atomic mass is 16.6. The number of azo groups is 1. The molecule has 0 radical (unpaired) electrons. The van der Waals surface area contributed by atoms with Crippen molar-refractivity contribution < 1.29 is 23.9 Å². The van der Waals surface area contributed by atoms with Gasteiger partial charge in [0, 0.05) is 12.1 Å². The average Bonchev–Trinajstić information content (AvgIpc) is 3.02. The van der Waals surface area contributed by atoms with E-state index in [-0.39, 0.29) is 32.0 Å². The van der Waals surface area contributed by atoms with Gasteiger partial charge in [0.05, 0.1) is 11.4 Å². The van der Waals surface area contributed by atoms with E-state index in [2.05, 4.69) is 20.9 Å². The van der Waals surface area contributed by atoms with E-state index in [9.17, 15) is 14.4 Å². The van der Waals surface area contributed by atoms with Gasteiger partial charge in [-0.1, -0.05) is 78.9 Å². The van der Waals surface area contributed by atoms with E-state index < -0.39 is 18.1 Å². The Balaban J connectivity index is 1.30. The summed E-state index contributed by atoms with van der Waals surface area (Å²) in [5, 5.41) is 13.7. The van der Waals surface area contributed by atoms with Crippen molar-refractivity contribution >= 4 is 35.0 Å². The highest BCUT2D eigenvalue weighted by Crippen LogP contribution is 2.20. The van der Waals surface area contributed by atoms with Gasteiger partial charge in [0.15, 0.2) is 0 Å². The summed E-state index contributed by atoms with van der Waals surface area (Å²) >= 11 is 0. The fourth-order valence-electron chi connectivity index (χ4n) is 3.71. The zero-order valence-electron chi connectivity index (χ0n) is 22.3. The van der Waals surface area contributed by atoms with E-state index in [1.54, 1.807) is 24.3 Å². The normalized spacial score (nSPS) is 11.4. The Morgan fingerprint density at radius 1 is 0.634 bits per heavy atom. The number of carbonyl (C=O) groups is 3. The Morgan fingerprint density at radius 2 is 1.15 bits per heavy atom. The van der Waals surface area contributed by atoms with Crippen molar-refractivity contribution in [2.24, 2.45) is 10.2 Å². The second-order valence-corrected chi connectivity index (χ2v) is 9.02. The maximum Gasteiger partial charge on any atom is 0.408 e. The maximum absolute atomic E-state index is 12.9. The predicted octanol–water partition coefficient (Wildman–Crippen LogP) is 6.86. The number of alkyl carbamates (subject to hydrolysis) is 1. The summed E-state index contributed by atoms with van der Waals surface area (Å²) in [4.78, 5) is 38.0. The number of hydrogen-bond donors (Lipinski definition) is 2. The quantitative estimate of drug-likeness (QED) is 0.148. The summed E-state index contributed by atoms with van der Waals surface area (Å²) in [5.74, 6) is -0.990. The first kappa shape index (κ1) is 28.7. The van der Waals surface area contributed by atoms with Crippen LogP contribution in [0.4, 0.5) is 21.9 Å². The van der Waals surface area contributed by atoms with Crippen molar-refractivity contribution in [3.05, 3.63) is 126 Å². The Morgan fingerprint density at radius 3 is 1.73 bits per heavy atom. The van der Waals surface area contributed by atoms with Gasteiger partial charge >= 0.3 is 12.1 Å². The van der Waals surface area contributed by atoms with Gasteiger partial charge < -0.3 is 20.1 Å². The molecule has 4 aromatic carbocycles. The summed E-state index contributed by atoms with van der Waals surface area (Å²) < 4.78 is 10.7. The van der Waals surface area contributed by atoms with E-state index >= 15 is 0 Å². The molecule has 0 aliphatic heterocycles. The summed E-state index contributed by atoms with van der Waals surface area (Å²) in [6, 6.07) is 33.5. The first-order valence-corrected chi connectivity index (χ1v) is 13.1. The third kappa shape index (κ3) is 10.1. The lowest BCUT2D eigenvalue weighted by molar-refractivity contribution is -0.147. The zero-order valence-corrected chi connectivity index (χ0v) is 22.3. The third-order valence-corrected chi connectivity index (χ3v) is 5.86. The molecule has 2 amide bonds. The smallest absolute Gasteiger partial charge is 0.408 e. The first-order valence-electron chi connectivity index (χ1n) is 13.1. The molecule has 0 aromatic heterocycles. The first-order chi connectivity index (χ1) is 20.0. The minimum Gasteiger partial charge on any atom is -0.459 e. The number of anilines is 1. The fourth-order valence-corrected chi connectivity index (χ4v) is 3.71. The molecule has 0 bridgehead atoms. The number of nitrogens with one attached hydrogen (secondary N) is 2. The molecule has 0 aliphatic rings. The van der Waals surface area contributed by atoms with Gasteiger partial charge in [-0.25, -0.2) is 9.59 Å². The van der Waals surface area contributed by atoms with Gasteiger partial charge in [-0.05, 0) is 53.9 Å². The lowest BCUT2D eigenvalue weighted by Crippen LogP contribution is -2.42. The van der Waals surface area contributed by atoms with Crippen LogP contribution in [0.2, 0.25) is 0 Å². The van der Waals surface area contributed by atoms with Crippen LogP contribution < -0.4 is 10.6 Å². The highest BCUT2D eigenvalue weighted by molar-refractivity contribution is 5.91. The summed E-state index contributed by atoms with van der Waals surface area (Å²) in [7, 11) is 0. The monoisotopic (exact) mass is 550 g/mol. The van der Waals surface area contributed by atoms with Crippen molar-refractivity contribution in [2.45, 2.75) is 32.1 Å². The molecule has 41 heavy (non-hydrogen) atoms. The lowest BCUT2D eigenvalue weighted by atomic mass is 10.1. The summed E-state index contributed by atoms with van der Waals surface area (Å²) in [6.07, 6.45) is -0.806. The SMILES string of the molecule is O=C(CC[C@H](NC(=O)OCc1ccccc1)C(=O)OCc1ccccc1)Nc1ccc(N=Nc2ccccc2)cc1. The van der Waals surface area contributed by atoms with Crippen LogP contribution in [0, 0.1) is 0 Å². The molecule has 4 aromatic rings. The third-order valence-electron chi connectivity index (χ3n) is 5.86. The van der Waals surface area contributed by atoms with Crippen molar-refractivity contribution in [3.63, 3.8) is 0 Å². The van der Waals surface area contributed by atoms with E-state index in [0.29, 0.717) is 11.4 Å². The molecule has 0 heterocycles. The molecule has 0 saturated heterocycles. The number of esters is 1. The van der Waals surface area contributed by atoms with Crippen LogP contribution in [-0.2, 0) is 32.3 Å². The number of nitrogens with zero attached hydrogens (tertiary/aromatic N) is 2. The Hall–Kier alpha value is -5.31. The zero-order chi connectivity index (χ0) is 28.7. The minimum atomic E-state index is -1.08. The topological polar surface area (TPSA) is 118 Å². The molecule has 0 aliphatic carbocycles. The second-order valence-electron chi connectivity index (χ2n) is 9.02.